The van der Waals surface area contributed by atoms with Crippen LogP contribution in [-0.4, -0.2) is 0 Å². The number of hydrogen-bond acceptors (Lipinski definition) is 0. The van der Waals surface area contributed by atoms with Crippen molar-refractivity contribution in [1.82, 2.24) is 0 Å². The molecule has 2 aromatic carbocycles. The first kappa shape index (κ1) is 23.1. The maximum absolute atomic E-state index is 12.0. The Morgan fingerprint density at radius 2 is 0.240 bits per heavy atom. The third-order valence-electron chi connectivity index (χ3n) is 2.31. The number of rotatable bonds is 0. The van der Waals surface area contributed by atoms with Crippen LogP contribution in [0.5, 0.6) is 0 Å². The van der Waals surface area contributed by atoms with Crippen molar-refractivity contribution in [2.75, 3.05) is 0 Å². The normalized spacial score (nSPS) is 10.1. The van der Waals surface area contributed by atoms with Gasteiger partial charge in [-0.1, -0.05) is 0 Å². The number of benzene rings is 2. The van der Waals surface area contributed by atoms with E-state index in [9.17, 15) is 52.7 Å². The average Bonchev–Trinajstić information content (AvgIpc) is 2.58. The minimum absolute atomic E-state index is 0. The molecule has 0 heterocycles. The molecule has 13 heteroatoms. The first-order valence-electron chi connectivity index (χ1n) is 5.27. The monoisotopic (exact) mass is 424 g/mol. The van der Waals surface area contributed by atoms with E-state index in [1.165, 1.54) is 0 Å². The zero-order valence-electron chi connectivity index (χ0n) is 10.9. The van der Waals surface area contributed by atoms with Gasteiger partial charge in [0, 0.05) is 17.4 Å². The molecule has 0 spiro atoms. The molecule has 0 saturated carbocycles. The zero-order valence-corrected chi connectivity index (χ0v) is 12.2. The van der Waals surface area contributed by atoms with Crippen LogP contribution in [0.25, 0.3) is 0 Å². The molecule has 2 aromatic rings. The van der Waals surface area contributed by atoms with Gasteiger partial charge in [0.2, 0.25) is 69.8 Å². The summed E-state index contributed by atoms with van der Waals surface area (Å²) in [5, 5.41) is 0. The summed E-state index contributed by atoms with van der Waals surface area (Å²) < 4.78 is 144. The van der Waals surface area contributed by atoms with E-state index in [4.69, 9.17) is 0 Å². The molecule has 0 aromatic heterocycles. The predicted octanol–water partition coefficient (Wildman–Crippen LogP) is 5.04. The van der Waals surface area contributed by atoms with E-state index in [-0.39, 0.29) is 17.4 Å². The summed E-state index contributed by atoms with van der Waals surface area (Å²) in [6.07, 6.45) is 0. The summed E-state index contributed by atoms with van der Waals surface area (Å²) in [6, 6.07) is 0. The molecular formula is C12CrF12. The Kier molecular flexibility index (Phi) is 7.85. The second-order valence-corrected chi connectivity index (χ2v) is 3.77. The van der Waals surface area contributed by atoms with Crippen LogP contribution in [0.15, 0.2) is 0 Å². The van der Waals surface area contributed by atoms with Crippen LogP contribution in [0.1, 0.15) is 0 Å². The molecule has 0 radical (unpaired) electrons. The molecule has 0 unspecified atom stereocenters. The maximum Gasteiger partial charge on any atom is 0.200 e. The van der Waals surface area contributed by atoms with Crippen molar-refractivity contribution in [3.63, 3.8) is 0 Å². The molecule has 0 atom stereocenters. The van der Waals surface area contributed by atoms with Gasteiger partial charge in [-0.2, -0.15) is 0 Å². The van der Waals surface area contributed by atoms with Crippen LogP contribution in [0.2, 0.25) is 0 Å². The van der Waals surface area contributed by atoms with Crippen molar-refractivity contribution in [3.05, 3.63) is 69.8 Å². The maximum atomic E-state index is 12.0. The molecule has 0 amide bonds. The molecule has 138 valence electrons. The van der Waals surface area contributed by atoms with E-state index in [0.717, 1.165) is 0 Å². The Balaban J connectivity index is 0.000000443. The minimum atomic E-state index is -2.37. The molecule has 0 fully saturated rings. The molecule has 25 heavy (non-hydrogen) atoms. The molecule has 0 aliphatic heterocycles. The predicted molar refractivity (Wildman–Crippen MR) is 52.4 cm³/mol. The van der Waals surface area contributed by atoms with Crippen molar-refractivity contribution in [3.8, 4) is 0 Å². The van der Waals surface area contributed by atoms with E-state index in [1.54, 1.807) is 0 Å². The Hall–Kier alpha value is -1.87. The van der Waals surface area contributed by atoms with Crippen LogP contribution in [-0.2, 0) is 17.4 Å². The van der Waals surface area contributed by atoms with Gasteiger partial charge in [0.15, 0.2) is 0 Å². The number of halogens is 12. The molecule has 0 bridgehead atoms. The topological polar surface area (TPSA) is 0 Å². The fourth-order valence-electron chi connectivity index (χ4n) is 1.16. The fourth-order valence-corrected chi connectivity index (χ4v) is 1.16. The van der Waals surface area contributed by atoms with Crippen LogP contribution >= 0.6 is 0 Å². The summed E-state index contributed by atoms with van der Waals surface area (Å²) in [7, 11) is 0. The second-order valence-electron chi connectivity index (χ2n) is 3.77. The van der Waals surface area contributed by atoms with E-state index >= 15 is 0 Å². The second kappa shape index (κ2) is 8.48. The van der Waals surface area contributed by atoms with Gasteiger partial charge in [0.25, 0.3) is 0 Å². The van der Waals surface area contributed by atoms with Gasteiger partial charge in [-0.3, -0.25) is 0 Å². The smallest absolute Gasteiger partial charge is 0.200 e. The summed E-state index contributed by atoms with van der Waals surface area (Å²) in [5.74, 6) is -28.4. The summed E-state index contributed by atoms with van der Waals surface area (Å²) in [4.78, 5) is 0. The van der Waals surface area contributed by atoms with Gasteiger partial charge in [-0.15, -0.1) is 0 Å². The van der Waals surface area contributed by atoms with Crippen molar-refractivity contribution >= 4 is 0 Å². The van der Waals surface area contributed by atoms with Crippen LogP contribution in [0, 0.1) is 69.8 Å². The third kappa shape index (κ3) is 4.22. The van der Waals surface area contributed by atoms with E-state index in [1.807, 2.05) is 0 Å². The number of hydrogen-bond donors (Lipinski definition) is 0. The van der Waals surface area contributed by atoms with E-state index in [2.05, 4.69) is 0 Å². The van der Waals surface area contributed by atoms with Crippen LogP contribution < -0.4 is 0 Å². The minimum Gasteiger partial charge on any atom is -0.200 e. The molecule has 0 aliphatic carbocycles. The van der Waals surface area contributed by atoms with Gasteiger partial charge < -0.3 is 0 Å². The van der Waals surface area contributed by atoms with Crippen LogP contribution in [0.4, 0.5) is 52.7 Å². The molecular weight excluding hydrogens is 424 g/mol. The quantitative estimate of drug-likeness (QED) is 0.316. The standard InChI is InChI=1S/2C6F6.Cr/c2*7-1-2(8)4(10)6(12)5(11)3(1)9;. The van der Waals surface area contributed by atoms with E-state index < -0.39 is 69.8 Å². The summed E-state index contributed by atoms with van der Waals surface area (Å²) in [6.45, 7) is 0. The third-order valence-corrected chi connectivity index (χ3v) is 2.31. The molecule has 0 N–H and O–H groups in total. The zero-order chi connectivity index (χ0) is 18.9. The van der Waals surface area contributed by atoms with Gasteiger partial charge in [0.1, 0.15) is 0 Å². The van der Waals surface area contributed by atoms with Crippen molar-refractivity contribution in [2.24, 2.45) is 0 Å². The van der Waals surface area contributed by atoms with Gasteiger partial charge in [0.05, 0.1) is 0 Å². The van der Waals surface area contributed by atoms with Gasteiger partial charge in [-0.25, -0.2) is 52.7 Å². The molecule has 2 rings (SSSR count). The molecule has 0 nitrogen and oxygen atoms in total. The first-order valence-corrected chi connectivity index (χ1v) is 5.27. The molecule has 0 saturated heterocycles. The first-order chi connectivity index (χ1) is 10.9. The Morgan fingerprint density at radius 1 is 0.200 bits per heavy atom. The van der Waals surface area contributed by atoms with E-state index in [0.29, 0.717) is 0 Å². The van der Waals surface area contributed by atoms with Gasteiger partial charge >= 0.3 is 0 Å². The average molecular weight is 424 g/mol. The summed E-state index contributed by atoms with van der Waals surface area (Å²) in [5.41, 5.74) is 0. The Morgan fingerprint density at radius 3 is 0.280 bits per heavy atom. The fraction of sp³-hybridized carbons (Fsp3) is 0. The van der Waals surface area contributed by atoms with Gasteiger partial charge in [-0.05, 0) is 0 Å². The Labute approximate surface area is 140 Å². The SMILES string of the molecule is Fc1c(F)c(F)c(F)c(F)c1F.Fc1c(F)c(F)c(F)c(F)c1F.[Cr]. The van der Waals surface area contributed by atoms with Crippen molar-refractivity contribution in [1.29, 1.82) is 0 Å². The largest absolute Gasteiger partial charge is 0.200 e. The van der Waals surface area contributed by atoms with Crippen LogP contribution in [0.3, 0.4) is 0 Å². The van der Waals surface area contributed by atoms with Crippen molar-refractivity contribution < 1.29 is 70.0 Å². The Bertz CT molecular complexity index is 526. The summed E-state index contributed by atoms with van der Waals surface area (Å²) >= 11 is 0. The molecule has 0 aliphatic rings. The van der Waals surface area contributed by atoms with Crippen molar-refractivity contribution in [2.45, 2.75) is 0 Å².